The van der Waals surface area contributed by atoms with E-state index in [1.54, 1.807) is 7.11 Å². The summed E-state index contributed by atoms with van der Waals surface area (Å²) in [6.07, 6.45) is 1.18. The van der Waals surface area contributed by atoms with Crippen LogP contribution >= 0.6 is 0 Å². The van der Waals surface area contributed by atoms with Crippen LogP contribution in [0.4, 0.5) is 0 Å². The molecule has 1 rings (SSSR count). The largest absolute Gasteiger partial charge is 0.381 e. The number of ether oxygens (including phenoxy) is 1. The molecule has 1 fully saturated rings. The van der Waals surface area contributed by atoms with Crippen LogP contribution in [0.5, 0.6) is 0 Å². The lowest BCUT2D eigenvalue weighted by Gasteiger charge is -2.20. The van der Waals surface area contributed by atoms with Gasteiger partial charge in [-0.1, -0.05) is 6.92 Å². The van der Waals surface area contributed by atoms with Gasteiger partial charge in [-0.3, -0.25) is 0 Å². The summed E-state index contributed by atoms with van der Waals surface area (Å²) in [6.45, 7) is 5.88. The van der Waals surface area contributed by atoms with Crippen molar-refractivity contribution in [2.75, 3.05) is 33.4 Å². The Balaban J connectivity index is 2.16. The normalized spacial score (nSPS) is 24.8. The van der Waals surface area contributed by atoms with Gasteiger partial charge in [-0.05, 0) is 12.3 Å². The van der Waals surface area contributed by atoms with Crippen LogP contribution in [0.2, 0.25) is 0 Å². The van der Waals surface area contributed by atoms with Gasteiger partial charge in [0, 0.05) is 19.7 Å². The molecule has 0 radical (unpaired) electrons. The van der Waals surface area contributed by atoms with Crippen molar-refractivity contribution < 1.29 is 9.57 Å². The molecule has 66 valence electrons. The zero-order valence-electron chi connectivity index (χ0n) is 7.38. The minimum Gasteiger partial charge on any atom is -0.381 e. The van der Waals surface area contributed by atoms with Gasteiger partial charge >= 0.3 is 0 Å². The van der Waals surface area contributed by atoms with Gasteiger partial charge in [0.2, 0.25) is 0 Å². The fourth-order valence-corrected chi connectivity index (χ4v) is 1.35. The molecule has 0 saturated carbocycles. The van der Waals surface area contributed by atoms with Gasteiger partial charge < -0.3 is 9.57 Å². The quantitative estimate of drug-likeness (QED) is 0.569. The summed E-state index contributed by atoms with van der Waals surface area (Å²) in [7, 11) is 1.72. The van der Waals surface area contributed by atoms with Gasteiger partial charge in [0.05, 0.1) is 13.7 Å². The standard InChI is InChI=1S/C8H17NO2/c1-3-9(10-2)6-8-4-5-11-7-8/h8H,3-7H2,1-2H3. The van der Waals surface area contributed by atoms with E-state index in [1.165, 1.54) is 6.42 Å². The van der Waals surface area contributed by atoms with Crippen molar-refractivity contribution in [1.82, 2.24) is 5.06 Å². The molecule has 1 heterocycles. The van der Waals surface area contributed by atoms with Crippen LogP contribution in [-0.2, 0) is 9.57 Å². The summed E-state index contributed by atoms with van der Waals surface area (Å²) in [5, 5.41) is 1.97. The second-order valence-electron chi connectivity index (χ2n) is 2.89. The van der Waals surface area contributed by atoms with Gasteiger partial charge in [-0.2, -0.15) is 5.06 Å². The van der Waals surface area contributed by atoms with Gasteiger partial charge in [-0.15, -0.1) is 0 Å². The fraction of sp³-hybridized carbons (Fsp3) is 1.00. The molecule has 0 bridgehead atoms. The van der Waals surface area contributed by atoms with Crippen LogP contribution in [0.15, 0.2) is 0 Å². The Labute approximate surface area is 68.2 Å². The maximum atomic E-state index is 5.26. The smallest absolute Gasteiger partial charge is 0.0575 e. The topological polar surface area (TPSA) is 21.7 Å². The predicted molar refractivity (Wildman–Crippen MR) is 43.2 cm³/mol. The second kappa shape index (κ2) is 4.70. The third-order valence-corrected chi connectivity index (χ3v) is 2.10. The first-order chi connectivity index (χ1) is 5.36. The molecular formula is C8H17NO2. The van der Waals surface area contributed by atoms with E-state index in [1.807, 2.05) is 5.06 Å². The molecule has 1 saturated heterocycles. The van der Waals surface area contributed by atoms with E-state index in [9.17, 15) is 0 Å². The number of hydrogen-bond donors (Lipinski definition) is 0. The van der Waals surface area contributed by atoms with Gasteiger partial charge in [0.15, 0.2) is 0 Å². The van der Waals surface area contributed by atoms with E-state index in [2.05, 4.69) is 6.92 Å². The van der Waals surface area contributed by atoms with Crippen LogP contribution in [0.3, 0.4) is 0 Å². The molecule has 3 nitrogen and oxygen atoms in total. The van der Waals surface area contributed by atoms with E-state index >= 15 is 0 Å². The van der Waals surface area contributed by atoms with Crippen LogP contribution in [0.25, 0.3) is 0 Å². The SMILES string of the molecule is CCN(CC1CCOC1)OC. The molecule has 0 amide bonds. The molecule has 1 aliphatic rings. The Morgan fingerprint density at radius 2 is 2.45 bits per heavy atom. The van der Waals surface area contributed by atoms with Crippen molar-refractivity contribution in [1.29, 1.82) is 0 Å². The molecule has 11 heavy (non-hydrogen) atoms. The van der Waals surface area contributed by atoms with Crippen LogP contribution in [0, 0.1) is 5.92 Å². The summed E-state index contributed by atoms with van der Waals surface area (Å²) in [5.41, 5.74) is 0. The van der Waals surface area contributed by atoms with E-state index in [-0.39, 0.29) is 0 Å². The molecule has 0 aliphatic carbocycles. The zero-order chi connectivity index (χ0) is 8.10. The molecule has 0 aromatic carbocycles. The van der Waals surface area contributed by atoms with E-state index in [0.29, 0.717) is 5.92 Å². The molecule has 1 unspecified atom stereocenters. The number of rotatable bonds is 4. The number of nitrogens with zero attached hydrogens (tertiary/aromatic N) is 1. The summed E-state index contributed by atoms with van der Waals surface area (Å²) in [5.74, 6) is 0.676. The Morgan fingerprint density at radius 3 is 2.91 bits per heavy atom. The molecule has 0 N–H and O–H groups in total. The summed E-state index contributed by atoms with van der Waals surface area (Å²) in [4.78, 5) is 5.14. The Kier molecular flexibility index (Phi) is 3.83. The maximum absolute atomic E-state index is 5.26. The van der Waals surface area contributed by atoms with Crippen molar-refractivity contribution in [2.45, 2.75) is 13.3 Å². The lowest BCUT2D eigenvalue weighted by atomic mass is 10.1. The van der Waals surface area contributed by atoms with E-state index in [0.717, 1.165) is 26.3 Å². The minimum atomic E-state index is 0.676. The van der Waals surface area contributed by atoms with Crippen molar-refractivity contribution >= 4 is 0 Å². The minimum absolute atomic E-state index is 0.676. The summed E-state index contributed by atoms with van der Waals surface area (Å²) >= 11 is 0. The lowest BCUT2D eigenvalue weighted by molar-refractivity contribution is -0.135. The van der Waals surface area contributed by atoms with E-state index < -0.39 is 0 Å². The third kappa shape index (κ3) is 2.77. The molecule has 1 atom stereocenters. The first-order valence-electron chi connectivity index (χ1n) is 4.23. The van der Waals surface area contributed by atoms with Gasteiger partial charge in [-0.25, -0.2) is 0 Å². The maximum Gasteiger partial charge on any atom is 0.0575 e. The van der Waals surface area contributed by atoms with Crippen molar-refractivity contribution in [2.24, 2.45) is 5.92 Å². The zero-order valence-corrected chi connectivity index (χ0v) is 7.38. The molecule has 1 aliphatic heterocycles. The molecule has 0 aromatic heterocycles. The highest BCUT2D eigenvalue weighted by Gasteiger charge is 2.17. The monoisotopic (exact) mass is 159 g/mol. The van der Waals surface area contributed by atoms with Crippen molar-refractivity contribution in [3.63, 3.8) is 0 Å². The average molecular weight is 159 g/mol. The Bertz CT molecular complexity index is 98.3. The van der Waals surface area contributed by atoms with Crippen molar-refractivity contribution in [3.8, 4) is 0 Å². The van der Waals surface area contributed by atoms with Crippen LogP contribution < -0.4 is 0 Å². The lowest BCUT2D eigenvalue weighted by Crippen LogP contribution is -2.28. The third-order valence-electron chi connectivity index (χ3n) is 2.10. The highest BCUT2D eigenvalue weighted by molar-refractivity contribution is 4.65. The van der Waals surface area contributed by atoms with Crippen LogP contribution in [-0.4, -0.2) is 38.5 Å². The first kappa shape index (κ1) is 8.97. The Hall–Kier alpha value is -0.120. The summed E-state index contributed by atoms with van der Waals surface area (Å²) < 4.78 is 5.26. The second-order valence-corrected chi connectivity index (χ2v) is 2.89. The molecule has 3 heteroatoms. The number of hydroxylamine groups is 2. The Morgan fingerprint density at radius 1 is 1.64 bits per heavy atom. The van der Waals surface area contributed by atoms with Gasteiger partial charge in [0.25, 0.3) is 0 Å². The van der Waals surface area contributed by atoms with Crippen molar-refractivity contribution in [3.05, 3.63) is 0 Å². The highest BCUT2D eigenvalue weighted by Crippen LogP contribution is 2.13. The highest BCUT2D eigenvalue weighted by atomic mass is 16.7. The molecule has 0 spiro atoms. The first-order valence-corrected chi connectivity index (χ1v) is 4.23. The molecular weight excluding hydrogens is 142 g/mol. The summed E-state index contributed by atoms with van der Waals surface area (Å²) in [6, 6.07) is 0. The predicted octanol–water partition coefficient (Wildman–Crippen LogP) is 0.906. The van der Waals surface area contributed by atoms with Gasteiger partial charge in [0.1, 0.15) is 0 Å². The van der Waals surface area contributed by atoms with E-state index in [4.69, 9.17) is 9.57 Å². The number of hydrogen-bond acceptors (Lipinski definition) is 3. The fourth-order valence-electron chi connectivity index (χ4n) is 1.35. The molecule has 0 aromatic rings. The van der Waals surface area contributed by atoms with Crippen LogP contribution in [0.1, 0.15) is 13.3 Å². The average Bonchev–Trinajstić information content (AvgIpc) is 2.52.